The number of carboxylic acids is 1. The summed E-state index contributed by atoms with van der Waals surface area (Å²) in [5.74, 6) is -0.284. The highest BCUT2D eigenvalue weighted by molar-refractivity contribution is 6.30. The Morgan fingerprint density at radius 3 is 2.62 bits per heavy atom. The van der Waals surface area contributed by atoms with Crippen LogP contribution in [-0.2, 0) is 16.0 Å². The summed E-state index contributed by atoms with van der Waals surface area (Å²) in [5, 5.41) is 13.5. The molecule has 1 unspecified atom stereocenters. The molecule has 1 N–H and O–H groups in total. The normalized spacial score (nSPS) is 12.0. The summed E-state index contributed by atoms with van der Waals surface area (Å²) in [6, 6.07) is 6.99. The average molecular weight is 380 g/mol. The second kappa shape index (κ2) is 9.33. The predicted molar refractivity (Wildman–Crippen MR) is 96.8 cm³/mol. The van der Waals surface area contributed by atoms with E-state index in [4.69, 9.17) is 21.2 Å². The lowest BCUT2D eigenvalue weighted by atomic mass is 10.1. The zero-order chi connectivity index (χ0) is 19.1. The van der Waals surface area contributed by atoms with Crippen LogP contribution < -0.4 is 0 Å². The highest BCUT2D eigenvalue weighted by atomic mass is 35.5. The minimum atomic E-state index is -1.01. The van der Waals surface area contributed by atoms with E-state index >= 15 is 0 Å². The number of benzene rings is 1. The highest BCUT2D eigenvalue weighted by Gasteiger charge is 2.21. The van der Waals surface area contributed by atoms with Gasteiger partial charge in [0.15, 0.2) is 0 Å². The van der Waals surface area contributed by atoms with Gasteiger partial charge in [0, 0.05) is 29.5 Å². The number of nitrogens with zero attached hydrogens (tertiary/aromatic N) is 3. The van der Waals surface area contributed by atoms with Crippen LogP contribution in [0.2, 0.25) is 5.02 Å². The smallest absolute Gasteiger partial charge is 0.323 e. The first-order valence-corrected chi connectivity index (χ1v) is 8.88. The zero-order valence-corrected chi connectivity index (χ0v) is 15.6. The quantitative estimate of drug-likeness (QED) is 0.717. The fourth-order valence-corrected chi connectivity index (χ4v) is 2.59. The first-order valence-electron chi connectivity index (χ1n) is 8.50. The molecule has 0 bridgehead atoms. The Labute approximate surface area is 157 Å². The largest absolute Gasteiger partial charge is 0.480 e. The van der Waals surface area contributed by atoms with Gasteiger partial charge in [-0.2, -0.15) is 4.98 Å². The van der Waals surface area contributed by atoms with E-state index in [1.54, 1.807) is 24.3 Å². The summed E-state index contributed by atoms with van der Waals surface area (Å²) < 4.78 is 5.21. The Hall–Kier alpha value is -2.41. The minimum Gasteiger partial charge on any atom is -0.480 e. The van der Waals surface area contributed by atoms with E-state index < -0.39 is 5.97 Å². The van der Waals surface area contributed by atoms with Crippen LogP contribution in [-0.4, -0.2) is 44.6 Å². The van der Waals surface area contributed by atoms with Crippen LogP contribution in [0.15, 0.2) is 28.8 Å². The molecular formula is C18H22ClN3O4. The van der Waals surface area contributed by atoms with Crippen molar-refractivity contribution in [1.29, 1.82) is 0 Å². The van der Waals surface area contributed by atoms with Crippen LogP contribution in [0.4, 0.5) is 0 Å². The number of hydrogen-bond donors (Lipinski definition) is 1. The SMILES string of the molecule is CCC(C)N(CC(=O)O)C(=O)CCCc1nc(-c2ccc(Cl)cc2)no1. The molecule has 0 saturated carbocycles. The van der Waals surface area contributed by atoms with Gasteiger partial charge in [0.05, 0.1) is 0 Å². The lowest BCUT2D eigenvalue weighted by molar-refractivity contribution is -0.146. The number of amides is 1. The van der Waals surface area contributed by atoms with E-state index in [2.05, 4.69) is 10.1 Å². The van der Waals surface area contributed by atoms with Crippen molar-refractivity contribution in [1.82, 2.24) is 15.0 Å². The maximum absolute atomic E-state index is 12.3. The molecule has 140 valence electrons. The van der Waals surface area contributed by atoms with Gasteiger partial charge < -0.3 is 14.5 Å². The molecule has 2 rings (SSSR count). The monoisotopic (exact) mass is 379 g/mol. The Morgan fingerprint density at radius 2 is 2.00 bits per heavy atom. The van der Waals surface area contributed by atoms with E-state index in [1.807, 2.05) is 13.8 Å². The summed E-state index contributed by atoms with van der Waals surface area (Å²) in [5.41, 5.74) is 0.796. The van der Waals surface area contributed by atoms with Crippen molar-refractivity contribution in [2.75, 3.05) is 6.54 Å². The van der Waals surface area contributed by atoms with Gasteiger partial charge in [-0.3, -0.25) is 9.59 Å². The first kappa shape index (κ1) is 19.9. The first-order chi connectivity index (χ1) is 12.4. The van der Waals surface area contributed by atoms with Crippen molar-refractivity contribution < 1.29 is 19.2 Å². The number of halogens is 1. The molecule has 1 heterocycles. The number of carbonyl (C=O) groups excluding carboxylic acids is 1. The molecule has 0 aliphatic carbocycles. The lowest BCUT2D eigenvalue weighted by Gasteiger charge is -2.26. The zero-order valence-electron chi connectivity index (χ0n) is 14.8. The molecule has 1 aromatic carbocycles. The number of aliphatic carboxylic acids is 1. The molecule has 0 fully saturated rings. The third-order valence-electron chi connectivity index (χ3n) is 4.10. The van der Waals surface area contributed by atoms with Gasteiger partial charge in [-0.25, -0.2) is 0 Å². The molecule has 0 saturated heterocycles. The molecule has 0 radical (unpaired) electrons. The summed E-state index contributed by atoms with van der Waals surface area (Å²) in [4.78, 5) is 29.0. The molecule has 1 atom stereocenters. The number of aryl methyl sites for hydroxylation is 1. The van der Waals surface area contributed by atoms with Crippen LogP contribution in [0.5, 0.6) is 0 Å². The van der Waals surface area contributed by atoms with Crippen molar-refractivity contribution >= 4 is 23.5 Å². The minimum absolute atomic E-state index is 0.112. The number of rotatable bonds is 9. The maximum atomic E-state index is 12.3. The van der Waals surface area contributed by atoms with Gasteiger partial charge in [-0.05, 0) is 44.0 Å². The van der Waals surface area contributed by atoms with Crippen molar-refractivity contribution in [2.24, 2.45) is 0 Å². The Balaban J connectivity index is 1.89. The molecule has 0 aliphatic rings. The van der Waals surface area contributed by atoms with E-state index in [0.29, 0.717) is 36.0 Å². The van der Waals surface area contributed by atoms with E-state index in [0.717, 1.165) is 5.56 Å². The molecule has 1 amide bonds. The molecule has 0 aliphatic heterocycles. The van der Waals surface area contributed by atoms with E-state index in [-0.39, 0.29) is 24.9 Å². The predicted octanol–water partition coefficient (Wildman–Crippen LogP) is 3.42. The van der Waals surface area contributed by atoms with Gasteiger partial charge in [0.2, 0.25) is 17.6 Å². The van der Waals surface area contributed by atoms with Crippen molar-refractivity contribution in [2.45, 2.75) is 45.6 Å². The fourth-order valence-electron chi connectivity index (χ4n) is 2.46. The van der Waals surface area contributed by atoms with Crippen molar-refractivity contribution in [3.8, 4) is 11.4 Å². The van der Waals surface area contributed by atoms with Crippen molar-refractivity contribution in [3.05, 3.63) is 35.2 Å². The maximum Gasteiger partial charge on any atom is 0.323 e. The average Bonchev–Trinajstić information content (AvgIpc) is 3.08. The molecular weight excluding hydrogens is 358 g/mol. The molecule has 2 aromatic rings. The second-order valence-electron chi connectivity index (χ2n) is 6.04. The topological polar surface area (TPSA) is 96.5 Å². The Kier molecular flexibility index (Phi) is 7.15. The molecule has 1 aromatic heterocycles. The number of aromatic nitrogens is 2. The summed E-state index contributed by atoms with van der Waals surface area (Å²) in [7, 11) is 0. The van der Waals surface area contributed by atoms with Gasteiger partial charge in [0.1, 0.15) is 6.54 Å². The van der Waals surface area contributed by atoms with Crippen molar-refractivity contribution in [3.63, 3.8) is 0 Å². The molecule has 7 nitrogen and oxygen atoms in total. The summed E-state index contributed by atoms with van der Waals surface area (Å²) >= 11 is 5.86. The lowest BCUT2D eigenvalue weighted by Crippen LogP contribution is -2.41. The molecule has 26 heavy (non-hydrogen) atoms. The molecule has 8 heteroatoms. The Bertz CT molecular complexity index is 745. The second-order valence-corrected chi connectivity index (χ2v) is 6.48. The van der Waals surface area contributed by atoms with E-state index in [9.17, 15) is 9.59 Å². The van der Waals surface area contributed by atoms with Gasteiger partial charge >= 0.3 is 5.97 Å². The fraction of sp³-hybridized carbons (Fsp3) is 0.444. The summed E-state index contributed by atoms with van der Waals surface area (Å²) in [6.07, 6.45) is 1.89. The van der Waals surface area contributed by atoms with Gasteiger partial charge in [-0.15, -0.1) is 0 Å². The van der Waals surface area contributed by atoms with Crippen LogP contribution in [0.1, 0.15) is 39.0 Å². The standard InChI is InChI=1S/C18H22ClN3O4/c1-3-12(2)22(11-17(24)25)16(23)6-4-5-15-20-18(21-26-15)13-7-9-14(19)10-8-13/h7-10,12H,3-6,11H2,1-2H3,(H,24,25). The van der Waals surface area contributed by atoms with Crippen LogP contribution >= 0.6 is 11.6 Å². The van der Waals surface area contributed by atoms with Crippen LogP contribution in [0.25, 0.3) is 11.4 Å². The highest BCUT2D eigenvalue weighted by Crippen LogP contribution is 2.19. The van der Waals surface area contributed by atoms with Gasteiger partial charge in [-0.1, -0.05) is 23.7 Å². The summed E-state index contributed by atoms with van der Waals surface area (Å²) in [6.45, 7) is 3.48. The van der Waals surface area contributed by atoms with Gasteiger partial charge in [0.25, 0.3) is 0 Å². The number of carboxylic acid groups (broad SMARTS) is 1. The van der Waals surface area contributed by atoms with Crippen LogP contribution in [0.3, 0.4) is 0 Å². The number of hydrogen-bond acceptors (Lipinski definition) is 5. The number of carbonyl (C=O) groups is 2. The third kappa shape index (κ3) is 5.56. The van der Waals surface area contributed by atoms with E-state index in [1.165, 1.54) is 4.90 Å². The molecule has 0 spiro atoms. The Morgan fingerprint density at radius 1 is 1.31 bits per heavy atom. The van der Waals surface area contributed by atoms with Crippen LogP contribution in [0, 0.1) is 0 Å². The third-order valence-corrected chi connectivity index (χ3v) is 4.35.